The van der Waals surface area contributed by atoms with Crippen LogP contribution in [0.5, 0.6) is 0 Å². The van der Waals surface area contributed by atoms with Crippen molar-refractivity contribution in [2.75, 3.05) is 0 Å². The topological polar surface area (TPSA) is 77.1 Å². The van der Waals surface area contributed by atoms with Crippen LogP contribution in [0, 0.1) is 0 Å². The van der Waals surface area contributed by atoms with E-state index in [4.69, 9.17) is 4.42 Å². The Hall–Kier alpha value is -4.45. The molecule has 0 saturated heterocycles. The molecule has 0 aliphatic rings. The number of amides is 1. The number of furan rings is 1. The highest BCUT2D eigenvalue weighted by Gasteiger charge is 2.22. The molecule has 0 bridgehead atoms. The Morgan fingerprint density at radius 3 is 2.33 bits per heavy atom. The van der Waals surface area contributed by atoms with Gasteiger partial charge in [-0.05, 0) is 29.3 Å². The van der Waals surface area contributed by atoms with E-state index in [0.717, 1.165) is 22.1 Å². The minimum Gasteiger partial charge on any atom is -0.459 e. The van der Waals surface area contributed by atoms with Crippen LogP contribution < -0.4 is 10.9 Å². The van der Waals surface area contributed by atoms with E-state index >= 15 is 0 Å². The van der Waals surface area contributed by atoms with E-state index in [1.807, 2.05) is 91.0 Å². The first-order chi connectivity index (χ1) is 16.2. The maximum absolute atomic E-state index is 13.2. The van der Waals surface area contributed by atoms with Crippen molar-refractivity contribution < 1.29 is 9.21 Å². The molecule has 0 aliphatic carbocycles. The maximum Gasteiger partial charge on any atom is 0.272 e. The quantitative estimate of drug-likeness (QED) is 0.424. The van der Waals surface area contributed by atoms with Crippen LogP contribution in [0.4, 0.5) is 0 Å². The number of para-hydroxylation sites is 1. The summed E-state index contributed by atoms with van der Waals surface area (Å²) in [4.78, 5) is 25.5. The highest BCUT2D eigenvalue weighted by Crippen LogP contribution is 2.28. The van der Waals surface area contributed by atoms with Gasteiger partial charge in [-0.3, -0.25) is 9.59 Å². The molecule has 0 unspecified atom stereocenters. The first kappa shape index (κ1) is 20.5. The number of nitrogens with one attached hydrogen (secondary N) is 1. The molecule has 1 amide bonds. The van der Waals surface area contributed by atoms with E-state index in [1.165, 1.54) is 16.8 Å². The van der Waals surface area contributed by atoms with Gasteiger partial charge >= 0.3 is 0 Å². The van der Waals surface area contributed by atoms with E-state index in [2.05, 4.69) is 10.4 Å². The second-order valence-corrected chi connectivity index (χ2v) is 7.70. The largest absolute Gasteiger partial charge is 0.459 e. The standard InChI is InChI=1S/C27H21N3O3/c31-25-16-15-22(29-30(25)18-19-9-3-1-4-10-19)27(32)28-26(20-11-5-2-6-12-20)24-17-21-13-7-8-14-23(21)33-24/h1-17,26H,18H2,(H,28,32)/t26-/m1/s1. The van der Waals surface area contributed by atoms with Crippen molar-refractivity contribution >= 4 is 16.9 Å². The monoisotopic (exact) mass is 435 g/mol. The third kappa shape index (κ3) is 4.45. The Morgan fingerprint density at radius 2 is 1.58 bits per heavy atom. The Morgan fingerprint density at radius 1 is 0.879 bits per heavy atom. The van der Waals surface area contributed by atoms with Gasteiger partial charge in [0.25, 0.3) is 11.5 Å². The smallest absolute Gasteiger partial charge is 0.272 e. The van der Waals surface area contributed by atoms with Crippen molar-refractivity contribution in [1.82, 2.24) is 15.1 Å². The van der Waals surface area contributed by atoms with E-state index in [-0.39, 0.29) is 17.8 Å². The number of benzene rings is 3. The highest BCUT2D eigenvalue weighted by atomic mass is 16.3. The van der Waals surface area contributed by atoms with Crippen LogP contribution in [-0.2, 0) is 6.54 Å². The molecule has 6 nitrogen and oxygen atoms in total. The van der Waals surface area contributed by atoms with E-state index in [0.29, 0.717) is 5.76 Å². The first-order valence-electron chi connectivity index (χ1n) is 10.6. The van der Waals surface area contributed by atoms with Crippen molar-refractivity contribution in [3.05, 3.63) is 136 Å². The lowest BCUT2D eigenvalue weighted by Crippen LogP contribution is -2.32. The van der Waals surface area contributed by atoms with Crippen molar-refractivity contribution in [2.45, 2.75) is 12.6 Å². The van der Waals surface area contributed by atoms with Gasteiger partial charge in [-0.15, -0.1) is 0 Å². The predicted molar refractivity (Wildman–Crippen MR) is 126 cm³/mol. The molecule has 0 radical (unpaired) electrons. The first-order valence-corrected chi connectivity index (χ1v) is 10.6. The van der Waals surface area contributed by atoms with Gasteiger partial charge < -0.3 is 9.73 Å². The normalized spacial score (nSPS) is 11.9. The molecular formula is C27H21N3O3. The highest BCUT2D eigenvalue weighted by molar-refractivity contribution is 5.92. The second kappa shape index (κ2) is 8.96. The Labute approximate surface area is 190 Å². The summed E-state index contributed by atoms with van der Waals surface area (Å²) in [5.74, 6) is 0.222. The van der Waals surface area contributed by atoms with E-state index in [1.54, 1.807) is 0 Å². The number of carbonyl (C=O) groups is 1. The Bertz CT molecular complexity index is 1420. The van der Waals surface area contributed by atoms with Crippen molar-refractivity contribution in [2.24, 2.45) is 0 Å². The number of carbonyl (C=O) groups excluding carboxylic acids is 1. The molecule has 3 aromatic carbocycles. The molecule has 0 aliphatic heterocycles. The van der Waals surface area contributed by atoms with Crippen LogP contribution in [0.1, 0.15) is 33.4 Å². The fourth-order valence-electron chi connectivity index (χ4n) is 3.75. The molecule has 5 aromatic rings. The molecule has 0 saturated carbocycles. The molecule has 0 fully saturated rings. The summed E-state index contributed by atoms with van der Waals surface area (Å²) in [5.41, 5.74) is 2.43. The van der Waals surface area contributed by atoms with Crippen LogP contribution in [0.2, 0.25) is 0 Å². The van der Waals surface area contributed by atoms with Crippen LogP contribution in [0.3, 0.4) is 0 Å². The lowest BCUT2D eigenvalue weighted by Gasteiger charge is -2.17. The zero-order chi connectivity index (χ0) is 22.6. The molecule has 162 valence electrons. The molecule has 5 rings (SSSR count). The molecule has 6 heteroatoms. The molecule has 1 N–H and O–H groups in total. The summed E-state index contributed by atoms with van der Waals surface area (Å²) >= 11 is 0. The number of rotatable bonds is 6. The van der Waals surface area contributed by atoms with Gasteiger partial charge in [0.05, 0.1) is 6.54 Å². The second-order valence-electron chi connectivity index (χ2n) is 7.70. The van der Waals surface area contributed by atoms with Gasteiger partial charge in [-0.2, -0.15) is 5.10 Å². The van der Waals surface area contributed by atoms with Gasteiger partial charge in [0.15, 0.2) is 0 Å². The van der Waals surface area contributed by atoms with Crippen molar-refractivity contribution in [3.8, 4) is 0 Å². The average molecular weight is 435 g/mol. The number of nitrogens with zero attached hydrogens (tertiary/aromatic N) is 2. The van der Waals surface area contributed by atoms with Crippen molar-refractivity contribution in [3.63, 3.8) is 0 Å². The molecule has 2 heterocycles. The van der Waals surface area contributed by atoms with Crippen LogP contribution in [0.15, 0.2) is 112 Å². The summed E-state index contributed by atoms with van der Waals surface area (Å²) in [6.45, 7) is 0.284. The van der Waals surface area contributed by atoms with Gasteiger partial charge in [-0.1, -0.05) is 78.9 Å². The fraction of sp³-hybridized carbons (Fsp3) is 0.0741. The van der Waals surface area contributed by atoms with Gasteiger partial charge in [-0.25, -0.2) is 4.68 Å². The number of aromatic nitrogens is 2. The molecule has 2 aromatic heterocycles. The number of hydrogen-bond acceptors (Lipinski definition) is 4. The van der Waals surface area contributed by atoms with E-state index in [9.17, 15) is 9.59 Å². The van der Waals surface area contributed by atoms with Crippen LogP contribution in [-0.4, -0.2) is 15.7 Å². The lowest BCUT2D eigenvalue weighted by atomic mass is 10.0. The summed E-state index contributed by atoms with van der Waals surface area (Å²) in [5, 5.41) is 8.29. The van der Waals surface area contributed by atoms with Crippen molar-refractivity contribution in [1.29, 1.82) is 0 Å². The zero-order valence-corrected chi connectivity index (χ0v) is 17.7. The van der Waals surface area contributed by atoms with Gasteiger partial charge in [0.1, 0.15) is 23.1 Å². The Kier molecular flexibility index (Phi) is 5.55. The maximum atomic E-state index is 13.2. The van der Waals surface area contributed by atoms with E-state index < -0.39 is 11.9 Å². The number of hydrogen-bond donors (Lipinski definition) is 1. The minimum atomic E-state index is -0.512. The minimum absolute atomic E-state index is 0.155. The summed E-state index contributed by atoms with van der Waals surface area (Å²) in [6, 6.07) is 31.1. The van der Waals surface area contributed by atoms with Crippen LogP contribution >= 0.6 is 0 Å². The predicted octanol–water partition coefficient (Wildman–Crippen LogP) is 4.56. The molecule has 33 heavy (non-hydrogen) atoms. The summed E-state index contributed by atoms with van der Waals surface area (Å²) < 4.78 is 7.35. The average Bonchev–Trinajstić information content (AvgIpc) is 3.29. The van der Waals surface area contributed by atoms with Crippen LogP contribution in [0.25, 0.3) is 11.0 Å². The molecule has 0 spiro atoms. The molecule has 1 atom stereocenters. The summed E-state index contributed by atoms with van der Waals surface area (Å²) in [6.07, 6.45) is 0. The summed E-state index contributed by atoms with van der Waals surface area (Å²) in [7, 11) is 0. The number of fused-ring (bicyclic) bond motifs is 1. The zero-order valence-electron chi connectivity index (χ0n) is 17.7. The Balaban J connectivity index is 1.46. The third-order valence-corrected chi connectivity index (χ3v) is 5.41. The van der Waals surface area contributed by atoms with Gasteiger partial charge in [0.2, 0.25) is 0 Å². The third-order valence-electron chi connectivity index (χ3n) is 5.41. The SMILES string of the molecule is O=C(N[C@H](c1ccccc1)c1cc2ccccc2o1)c1ccc(=O)n(Cc2ccccc2)n1. The molecular weight excluding hydrogens is 414 g/mol. The lowest BCUT2D eigenvalue weighted by molar-refractivity contribution is 0.0931. The fourth-order valence-corrected chi connectivity index (χ4v) is 3.75. The van der Waals surface area contributed by atoms with Gasteiger partial charge in [0, 0.05) is 11.5 Å².